The molecular weight excluding hydrogens is 657 g/mol. The molecule has 0 aliphatic heterocycles. The van der Waals surface area contributed by atoms with Crippen molar-refractivity contribution in [3.8, 4) is 22.3 Å². The number of hydrogen-bond acceptors (Lipinski definition) is 6. The molecule has 11 heteroatoms. The first-order valence-electron chi connectivity index (χ1n) is 18.3. The molecule has 51 heavy (non-hydrogen) atoms. The molecule has 2 aromatic heterocycles. The third-order valence-electron chi connectivity index (χ3n) is 9.75. The number of hydrogen-bond donors (Lipinski definition) is 2. The Bertz CT molecular complexity index is 1860. The van der Waals surface area contributed by atoms with Gasteiger partial charge < -0.3 is 20.1 Å². The summed E-state index contributed by atoms with van der Waals surface area (Å²) in [5.41, 5.74) is 8.37. The Morgan fingerprint density at radius 3 is 2.41 bits per heavy atom. The van der Waals surface area contributed by atoms with Crippen LogP contribution in [-0.4, -0.2) is 57.9 Å². The van der Waals surface area contributed by atoms with Crippen LogP contribution in [-0.2, 0) is 27.4 Å². The van der Waals surface area contributed by atoms with Crippen LogP contribution in [0.3, 0.4) is 0 Å². The Hall–Kier alpha value is -4.22. The number of carbonyl (C=O) groups is 2. The summed E-state index contributed by atoms with van der Waals surface area (Å²) in [6.07, 6.45) is 8.36. The number of aromatic nitrogens is 4. The Morgan fingerprint density at radius 2 is 1.73 bits per heavy atom. The number of alkyl carbamates (subject to hydrolysis) is 1. The maximum Gasteiger partial charge on any atom is 0.408 e. The van der Waals surface area contributed by atoms with E-state index in [2.05, 4.69) is 71.4 Å². The van der Waals surface area contributed by atoms with E-state index in [4.69, 9.17) is 14.6 Å². The van der Waals surface area contributed by atoms with Gasteiger partial charge in [0.1, 0.15) is 18.4 Å². The molecule has 273 valence electrons. The summed E-state index contributed by atoms with van der Waals surface area (Å²) in [5, 5.41) is 15.4. The van der Waals surface area contributed by atoms with Crippen molar-refractivity contribution in [2.24, 2.45) is 0 Å². The molecule has 10 nitrogen and oxygen atoms in total. The molecule has 4 aromatic rings. The molecule has 1 fully saturated rings. The number of nitrogens with one attached hydrogen (secondary N) is 2. The van der Waals surface area contributed by atoms with Crippen molar-refractivity contribution < 1.29 is 19.1 Å². The van der Waals surface area contributed by atoms with Gasteiger partial charge in [-0.15, -0.1) is 14.1 Å². The van der Waals surface area contributed by atoms with Crippen LogP contribution >= 0.6 is 0 Å². The SMILES string of the molecule is Cc1nn(COCC[Si-](C)(C)C)c(C)c1-c1ccc(NC(=O)[C@@H](NC(=O)OC(C)(C)C)C2CCCc3ccc(-c4cnn(C5CC5)c4)cc32)cc1. The second-order valence-electron chi connectivity index (χ2n) is 16.4. The molecular formula is C40H54N6O4Si-. The molecule has 2 aliphatic rings. The highest BCUT2D eigenvalue weighted by molar-refractivity contribution is 6.76. The van der Waals surface area contributed by atoms with E-state index in [1.807, 2.05) is 62.8 Å². The first-order valence-corrected chi connectivity index (χ1v) is 22.1. The van der Waals surface area contributed by atoms with Gasteiger partial charge in [0.15, 0.2) is 0 Å². The fourth-order valence-corrected chi connectivity index (χ4v) is 7.64. The van der Waals surface area contributed by atoms with E-state index < -0.39 is 25.8 Å². The van der Waals surface area contributed by atoms with Crippen LogP contribution in [0.5, 0.6) is 0 Å². The molecule has 2 amide bonds. The predicted octanol–water partition coefficient (Wildman–Crippen LogP) is 8.63. The normalized spacial score (nSPS) is 16.7. The lowest BCUT2D eigenvalue weighted by atomic mass is 9.77. The summed E-state index contributed by atoms with van der Waals surface area (Å²) in [6.45, 7) is 17.7. The van der Waals surface area contributed by atoms with E-state index in [0.29, 0.717) is 18.5 Å². The van der Waals surface area contributed by atoms with Gasteiger partial charge in [-0.2, -0.15) is 29.8 Å². The Kier molecular flexibility index (Phi) is 10.6. The molecule has 2 atom stereocenters. The van der Waals surface area contributed by atoms with Gasteiger partial charge in [0.25, 0.3) is 0 Å². The quantitative estimate of drug-likeness (QED) is 0.113. The molecule has 0 radical (unpaired) electrons. The van der Waals surface area contributed by atoms with E-state index in [1.165, 1.54) is 18.4 Å². The molecule has 2 aromatic carbocycles. The van der Waals surface area contributed by atoms with Gasteiger partial charge in [0.2, 0.25) is 5.91 Å². The van der Waals surface area contributed by atoms with Gasteiger partial charge in [-0.1, -0.05) is 30.3 Å². The van der Waals surface area contributed by atoms with Crippen LogP contribution in [0.2, 0.25) is 25.7 Å². The standard InChI is InChI=1S/C40H54N6O4Si/c1-26-36(27(2)46(44-26)25-49-20-21-51(6,7)8)29-14-16-32(17-15-29)42-38(47)37(43-39(48)50-40(3,4)5)34-11-9-10-28-12-13-30(22-35(28)34)31-23-41-45(24-31)33-18-19-33/h12-17,22-24,33-34,37H,9-11,18-21,25H2,1-8H3,(H,42,47)(H,43,48)/q-1/t34?,37-/m0/s1. The van der Waals surface area contributed by atoms with Gasteiger partial charge in [-0.05, 0) is 101 Å². The lowest BCUT2D eigenvalue weighted by Crippen LogP contribution is -2.49. The second-order valence-corrected chi connectivity index (χ2v) is 22.1. The van der Waals surface area contributed by atoms with Gasteiger partial charge in [-0.3, -0.25) is 9.48 Å². The lowest BCUT2D eigenvalue weighted by Gasteiger charge is -2.33. The number of rotatable bonds is 12. The van der Waals surface area contributed by atoms with Crippen molar-refractivity contribution in [2.45, 2.75) is 123 Å². The predicted molar refractivity (Wildman–Crippen MR) is 205 cm³/mol. The number of benzene rings is 2. The highest BCUT2D eigenvalue weighted by atomic mass is 28.3. The molecule has 1 unspecified atom stereocenters. The van der Waals surface area contributed by atoms with Crippen LogP contribution in [0, 0.1) is 13.8 Å². The van der Waals surface area contributed by atoms with Crippen molar-refractivity contribution >= 4 is 25.8 Å². The number of nitrogens with zero attached hydrogens (tertiary/aromatic N) is 4. The zero-order chi connectivity index (χ0) is 36.5. The third-order valence-corrected chi connectivity index (χ3v) is 11.5. The summed E-state index contributed by atoms with van der Waals surface area (Å²) in [4.78, 5) is 27.4. The summed E-state index contributed by atoms with van der Waals surface area (Å²) in [7, 11) is -1.17. The van der Waals surface area contributed by atoms with E-state index in [0.717, 1.165) is 71.1 Å². The number of ether oxygens (including phenoxy) is 2. The topological polar surface area (TPSA) is 112 Å². The molecule has 0 saturated heterocycles. The molecule has 2 aliphatic carbocycles. The minimum absolute atomic E-state index is 0.233. The Balaban J connectivity index is 1.21. The maximum absolute atomic E-state index is 14.2. The minimum atomic E-state index is -1.17. The van der Waals surface area contributed by atoms with E-state index in [9.17, 15) is 9.59 Å². The van der Waals surface area contributed by atoms with Gasteiger partial charge in [0.05, 0.1) is 17.9 Å². The number of fused-ring (bicyclic) bond motifs is 1. The first-order chi connectivity index (χ1) is 24.1. The second kappa shape index (κ2) is 14.8. The minimum Gasteiger partial charge on any atom is -0.444 e. The van der Waals surface area contributed by atoms with Gasteiger partial charge >= 0.3 is 6.09 Å². The number of amides is 2. The van der Waals surface area contributed by atoms with Crippen LogP contribution in [0.4, 0.5) is 10.5 Å². The summed E-state index contributed by atoms with van der Waals surface area (Å²) in [6, 6.07) is 15.1. The average Bonchev–Trinajstić information content (AvgIpc) is 3.72. The van der Waals surface area contributed by atoms with E-state index in [-0.39, 0.29) is 11.8 Å². The molecule has 2 heterocycles. The number of carbonyl (C=O) groups excluding carboxylic acids is 2. The summed E-state index contributed by atoms with van der Waals surface area (Å²) < 4.78 is 15.6. The van der Waals surface area contributed by atoms with Crippen molar-refractivity contribution in [3.05, 3.63) is 77.4 Å². The Labute approximate surface area is 303 Å². The van der Waals surface area contributed by atoms with Crippen LogP contribution < -0.4 is 10.6 Å². The van der Waals surface area contributed by atoms with Crippen molar-refractivity contribution in [3.63, 3.8) is 0 Å². The number of anilines is 1. The first kappa shape index (κ1) is 36.6. The smallest absolute Gasteiger partial charge is 0.408 e. The van der Waals surface area contributed by atoms with Crippen LogP contribution in [0.1, 0.15) is 80.9 Å². The van der Waals surface area contributed by atoms with Gasteiger partial charge in [0, 0.05) is 41.2 Å². The number of aryl methyl sites for hydroxylation is 2. The molecule has 0 bridgehead atoms. The van der Waals surface area contributed by atoms with Gasteiger partial charge in [-0.25, -0.2) is 9.48 Å². The van der Waals surface area contributed by atoms with Crippen molar-refractivity contribution in [1.82, 2.24) is 24.9 Å². The third kappa shape index (κ3) is 9.18. The highest BCUT2D eigenvalue weighted by Crippen LogP contribution is 2.39. The average molecular weight is 711 g/mol. The Morgan fingerprint density at radius 1 is 1.00 bits per heavy atom. The monoisotopic (exact) mass is 710 g/mol. The highest BCUT2D eigenvalue weighted by Gasteiger charge is 2.36. The van der Waals surface area contributed by atoms with E-state index in [1.54, 1.807) is 0 Å². The molecule has 6 rings (SSSR count). The zero-order valence-corrected chi connectivity index (χ0v) is 32.5. The molecule has 1 saturated carbocycles. The summed E-state index contributed by atoms with van der Waals surface area (Å²) >= 11 is 0. The van der Waals surface area contributed by atoms with E-state index >= 15 is 0 Å². The zero-order valence-electron chi connectivity index (χ0n) is 31.5. The fraction of sp³-hybridized carbons (Fsp3) is 0.500. The van der Waals surface area contributed by atoms with Crippen molar-refractivity contribution in [1.29, 1.82) is 0 Å². The lowest BCUT2D eigenvalue weighted by molar-refractivity contribution is -0.118. The fourth-order valence-electron chi connectivity index (χ4n) is 6.88. The van der Waals surface area contributed by atoms with Crippen LogP contribution in [0.15, 0.2) is 54.9 Å². The summed E-state index contributed by atoms with van der Waals surface area (Å²) in [5.74, 6) is -0.517. The maximum atomic E-state index is 14.2. The van der Waals surface area contributed by atoms with Crippen LogP contribution in [0.25, 0.3) is 22.3 Å². The molecule has 2 N–H and O–H groups in total. The largest absolute Gasteiger partial charge is 0.444 e. The molecule has 0 spiro atoms. The van der Waals surface area contributed by atoms with Crippen molar-refractivity contribution in [2.75, 3.05) is 11.9 Å².